The van der Waals surface area contributed by atoms with Gasteiger partial charge in [0.05, 0.1) is 11.5 Å². The van der Waals surface area contributed by atoms with Gasteiger partial charge in [-0.25, -0.2) is 0 Å². The largest absolute Gasteiger partial charge is 0.457 e. The van der Waals surface area contributed by atoms with Crippen molar-refractivity contribution in [3.8, 4) is 11.5 Å². The Labute approximate surface area is 155 Å². The van der Waals surface area contributed by atoms with Gasteiger partial charge in [0.1, 0.15) is 11.5 Å². The number of amides is 1. The number of nitrogens with zero attached hydrogens (tertiary/aromatic N) is 1. The van der Waals surface area contributed by atoms with Crippen molar-refractivity contribution in [2.45, 2.75) is 19.1 Å². The van der Waals surface area contributed by atoms with Gasteiger partial charge in [-0.05, 0) is 48.9 Å². The number of hydrogen-bond donors (Lipinski definition) is 1. The Morgan fingerprint density at radius 3 is 2.59 bits per heavy atom. The van der Waals surface area contributed by atoms with Crippen LogP contribution in [0.25, 0.3) is 0 Å². The van der Waals surface area contributed by atoms with E-state index < -0.39 is 11.7 Å². The highest BCUT2D eigenvalue weighted by Gasteiger charge is 2.30. The third-order valence-corrected chi connectivity index (χ3v) is 4.59. The first-order chi connectivity index (χ1) is 12.8. The van der Waals surface area contributed by atoms with E-state index in [9.17, 15) is 18.0 Å². The van der Waals surface area contributed by atoms with Crippen LogP contribution in [0.5, 0.6) is 11.5 Å². The SMILES string of the molecule is CNC(=O)[C@@H]1CCN(Cc2cccc(Oc3cccc(C(F)(F)F)c3)c2)C1. The van der Waals surface area contributed by atoms with E-state index in [0.717, 1.165) is 30.7 Å². The molecule has 2 aromatic rings. The monoisotopic (exact) mass is 378 g/mol. The van der Waals surface area contributed by atoms with Gasteiger partial charge in [0, 0.05) is 20.1 Å². The van der Waals surface area contributed by atoms with Crippen LogP contribution in [0.15, 0.2) is 48.5 Å². The van der Waals surface area contributed by atoms with Crippen LogP contribution in [0.3, 0.4) is 0 Å². The van der Waals surface area contributed by atoms with Gasteiger partial charge < -0.3 is 10.1 Å². The van der Waals surface area contributed by atoms with Crippen molar-refractivity contribution in [3.63, 3.8) is 0 Å². The lowest BCUT2D eigenvalue weighted by molar-refractivity contribution is -0.137. The first-order valence-electron chi connectivity index (χ1n) is 8.73. The highest BCUT2D eigenvalue weighted by Crippen LogP contribution is 2.33. The van der Waals surface area contributed by atoms with Crippen LogP contribution in [-0.2, 0) is 17.5 Å². The fraction of sp³-hybridized carbons (Fsp3) is 0.350. The molecule has 0 aromatic heterocycles. The molecule has 2 aromatic carbocycles. The summed E-state index contributed by atoms with van der Waals surface area (Å²) in [5.41, 5.74) is 0.241. The fourth-order valence-corrected chi connectivity index (χ4v) is 3.23. The lowest BCUT2D eigenvalue weighted by Gasteiger charge is -2.16. The Kier molecular flexibility index (Phi) is 5.70. The Morgan fingerprint density at radius 1 is 1.19 bits per heavy atom. The summed E-state index contributed by atoms with van der Waals surface area (Å²) in [5, 5.41) is 2.68. The predicted molar refractivity (Wildman–Crippen MR) is 95.4 cm³/mol. The molecule has 0 spiro atoms. The summed E-state index contributed by atoms with van der Waals surface area (Å²) in [4.78, 5) is 13.9. The van der Waals surface area contributed by atoms with E-state index in [0.29, 0.717) is 18.8 Å². The maximum atomic E-state index is 12.8. The summed E-state index contributed by atoms with van der Waals surface area (Å²) in [6.45, 7) is 2.18. The molecule has 4 nitrogen and oxygen atoms in total. The van der Waals surface area contributed by atoms with E-state index in [4.69, 9.17) is 4.74 Å². The average Bonchev–Trinajstić information content (AvgIpc) is 3.09. The maximum absolute atomic E-state index is 12.8. The van der Waals surface area contributed by atoms with Gasteiger partial charge in [-0.3, -0.25) is 9.69 Å². The third-order valence-electron chi connectivity index (χ3n) is 4.59. The lowest BCUT2D eigenvalue weighted by Crippen LogP contribution is -2.30. The predicted octanol–water partition coefficient (Wildman–Crippen LogP) is 4.07. The Morgan fingerprint density at radius 2 is 1.89 bits per heavy atom. The number of alkyl halides is 3. The molecule has 0 bridgehead atoms. The summed E-state index contributed by atoms with van der Waals surface area (Å²) >= 11 is 0. The highest BCUT2D eigenvalue weighted by atomic mass is 19.4. The minimum Gasteiger partial charge on any atom is -0.457 e. The smallest absolute Gasteiger partial charge is 0.416 e. The standard InChI is InChI=1S/C20H21F3N2O2/c1-24-19(26)15-8-9-25(13-15)12-14-4-2-6-17(10-14)27-18-7-3-5-16(11-18)20(21,22)23/h2-7,10-11,15H,8-9,12-13H2,1H3,(H,24,26)/t15-/m1/s1. The highest BCUT2D eigenvalue weighted by molar-refractivity contribution is 5.78. The van der Waals surface area contributed by atoms with Gasteiger partial charge in [-0.15, -0.1) is 0 Å². The molecule has 144 valence electrons. The molecule has 27 heavy (non-hydrogen) atoms. The molecule has 1 aliphatic heterocycles. The van der Waals surface area contributed by atoms with Crippen molar-refractivity contribution in [1.82, 2.24) is 10.2 Å². The van der Waals surface area contributed by atoms with E-state index in [1.165, 1.54) is 12.1 Å². The zero-order valence-electron chi connectivity index (χ0n) is 14.9. The number of likely N-dealkylation sites (tertiary alicyclic amines) is 1. The van der Waals surface area contributed by atoms with E-state index in [-0.39, 0.29) is 17.6 Å². The number of nitrogens with one attached hydrogen (secondary N) is 1. The number of halogens is 3. The molecule has 0 aliphatic carbocycles. The summed E-state index contributed by atoms with van der Waals surface area (Å²) in [7, 11) is 1.64. The third kappa shape index (κ3) is 5.01. The second-order valence-corrected chi connectivity index (χ2v) is 6.61. The zero-order chi connectivity index (χ0) is 19.4. The van der Waals surface area contributed by atoms with Crippen molar-refractivity contribution in [1.29, 1.82) is 0 Å². The number of carbonyl (C=O) groups excluding carboxylic acids is 1. The molecule has 1 fully saturated rings. The Balaban J connectivity index is 1.65. The quantitative estimate of drug-likeness (QED) is 0.853. The van der Waals surface area contributed by atoms with Gasteiger partial charge in [0.25, 0.3) is 0 Å². The van der Waals surface area contributed by atoms with Gasteiger partial charge in [-0.2, -0.15) is 13.2 Å². The molecule has 3 rings (SSSR count). The van der Waals surface area contributed by atoms with Crippen LogP contribution in [0, 0.1) is 5.92 Å². The average molecular weight is 378 g/mol. The molecule has 0 saturated carbocycles. The van der Waals surface area contributed by atoms with Gasteiger partial charge in [-0.1, -0.05) is 18.2 Å². The van der Waals surface area contributed by atoms with E-state index >= 15 is 0 Å². The summed E-state index contributed by atoms with van der Waals surface area (Å²) in [6.07, 6.45) is -3.58. The van der Waals surface area contributed by atoms with Crippen LogP contribution in [0.4, 0.5) is 13.2 Å². The molecule has 1 amide bonds. The molecule has 1 atom stereocenters. The number of ether oxygens (including phenoxy) is 1. The Bertz CT molecular complexity index is 808. The van der Waals surface area contributed by atoms with E-state index in [1.807, 2.05) is 18.2 Å². The van der Waals surface area contributed by atoms with Crippen molar-refractivity contribution < 1.29 is 22.7 Å². The molecule has 0 unspecified atom stereocenters. The van der Waals surface area contributed by atoms with E-state index in [1.54, 1.807) is 13.1 Å². The van der Waals surface area contributed by atoms with Crippen molar-refractivity contribution in [3.05, 3.63) is 59.7 Å². The van der Waals surface area contributed by atoms with Gasteiger partial charge >= 0.3 is 6.18 Å². The number of hydrogen-bond acceptors (Lipinski definition) is 3. The molecule has 1 N–H and O–H groups in total. The molecule has 1 heterocycles. The number of carbonyl (C=O) groups is 1. The normalized spacial score (nSPS) is 17.7. The Hall–Kier alpha value is -2.54. The van der Waals surface area contributed by atoms with Crippen LogP contribution < -0.4 is 10.1 Å². The topological polar surface area (TPSA) is 41.6 Å². The van der Waals surface area contributed by atoms with Crippen LogP contribution in [0.2, 0.25) is 0 Å². The minimum absolute atomic E-state index is 0.000425. The number of rotatable bonds is 5. The second kappa shape index (κ2) is 8.00. The maximum Gasteiger partial charge on any atom is 0.416 e. The second-order valence-electron chi connectivity index (χ2n) is 6.61. The van der Waals surface area contributed by atoms with Gasteiger partial charge in [0.15, 0.2) is 0 Å². The molecule has 1 aliphatic rings. The first kappa shape index (κ1) is 19.2. The molecule has 0 radical (unpaired) electrons. The summed E-state index contributed by atoms with van der Waals surface area (Å²) in [5.74, 6) is 0.676. The van der Waals surface area contributed by atoms with Crippen LogP contribution >= 0.6 is 0 Å². The van der Waals surface area contributed by atoms with Crippen molar-refractivity contribution >= 4 is 5.91 Å². The lowest BCUT2D eigenvalue weighted by atomic mass is 10.1. The molecular formula is C20H21F3N2O2. The van der Waals surface area contributed by atoms with Gasteiger partial charge in [0.2, 0.25) is 5.91 Å². The van der Waals surface area contributed by atoms with E-state index in [2.05, 4.69) is 10.2 Å². The zero-order valence-corrected chi connectivity index (χ0v) is 14.9. The van der Waals surface area contributed by atoms with Crippen molar-refractivity contribution in [2.75, 3.05) is 20.1 Å². The molecule has 7 heteroatoms. The van der Waals surface area contributed by atoms with Crippen molar-refractivity contribution in [2.24, 2.45) is 5.92 Å². The first-order valence-corrected chi connectivity index (χ1v) is 8.73. The minimum atomic E-state index is -4.40. The van der Waals surface area contributed by atoms with Crippen LogP contribution in [0.1, 0.15) is 17.5 Å². The fourth-order valence-electron chi connectivity index (χ4n) is 3.23. The number of benzene rings is 2. The summed E-state index contributed by atoms with van der Waals surface area (Å²) < 4.78 is 44.1. The molecular weight excluding hydrogens is 357 g/mol. The van der Waals surface area contributed by atoms with Crippen LogP contribution in [-0.4, -0.2) is 30.9 Å². The molecule has 1 saturated heterocycles. The summed E-state index contributed by atoms with van der Waals surface area (Å²) in [6, 6.07) is 12.1.